The van der Waals surface area contributed by atoms with E-state index in [9.17, 15) is 9.59 Å². The largest absolute Gasteiger partial charge is 0.465 e. The van der Waals surface area contributed by atoms with Crippen molar-refractivity contribution in [1.82, 2.24) is 0 Å². The molecule has 1 heterocycles. The fourth-order valence-corrected chi connectivity index (χ4v) is 2.16. The number of nitrogens with one attached hydrogen (secondary N) is 1. The van der Waals surface area contributed by atoms with E-state index in [1.807, 2.05) is 18.2 Å². The number of para-hydroxylation sites is 1. The molecule has 0 saturated carbocycles. The molecule has 0 atom stereocenters. The molecule has 1 aromatic heterocycles. The summed E-state index contributed by atoms with van der Waals surface area (Å²) >= 11 is 3.37. The van der Waals surface area contributed by atoms with Gasteiger partial charge < -0.3 is 10.1 Å². The topological polar surface area (TPSA) is 59.3 Å². The van der Waals surface area contributed by atoms with Gasteiger partial charge in [-0.2, -0.15) is 4.57 Å². The van der Waals surface area contributed by atoms with Crippen molar-refractivity contribution in [1.29, 1.82) is 0 Å². The van der Waals surface area contributed by atoms with Gasteiger partial charge in [-0.1, -0.05) is 12.1 Å². The lowest BCUT2D eigenvalue weighted by Crippen LogP contribution is -2.40. The van der Waals surface area contributed by atoms with Crippen LogP contribution in [0.15, 0.2) is 53.3 Å². The Morgan fingerprint density at radius 2 is 2.00 bits per heavy atom. The van der Waals surface area contributed by atoms with Crippen LogP contribution in [0.4, 0.5) is 5.69 Å². The molecule has 0 spiro atoms. The summed E-state index contributed by atoms with van der Waals surface area (Å²) in [5, 5.41) is 2.80. The molecule has 2 rings (SSSR count). The van der Waals surface area contributed by atoms with E-state index in [4.69, 9.17) is 0 Å². The second kappa shape index (κ2) is 6.99. The van der Waals surface area contributed by atoms with Gasteiger partial charge in [0, 0.05) is 10.5 Å². The van der Waals surface area contributed by atoms with Crippen LogP contribution in [-0.2, 0) is 16.1 Å². The summed E-state index contributed by atoms with van der Waals surface area (Å²) in [4.78, 5) is 23.5. The van der Waals surface area contributed by atoms with Crippen LogP contribution in [0, 0.1) is 0 Å². The Balaban J connectivity index is 2.06. The number of nitrogens with zero attached hydrogens (tertiary/aromatic N) is 1. The molecule has 1 aromatic carbocycles. The SMILES string of the molecule is COC(=O)c1ccc[n+](CC(=O)Nc2ccccc2Br)c1. The van der Waals surface area contributed by atoms with Crippen LogP contribution >= 0.6 is 15.9 Å². The fraction of sp³-hybridized carbons (Fsp3) is 0.133. The van der Waals surface area contributed by atoms with Crippen molar-refractivity contribution in [2.45, 2.75) is 6.54 Å². The molecule has 5 nitrogen and oxygen atoms in total. The second-order valence-electron chi connectivity index (χ2n) is 4.28. The number of halogens is 1. The van der Waals surface area contributed by atoms with Crippen LogP contribution in [0.5, 0.6) is 0 Å². The highest BCUT2D eigenvalue weighted by molar-refractivity contribution is 9.10. The molecule has 0 aliphatic carbocycles. The zero-order valence-electron chi connectivity index (χ0n) is 11.4. The predicted octanol–water partition coefficient (Wildman–Crippen LogP) is 2.16. The van der Waals surface area contributed by atoms with Crippen molar-refractivity contribution in [3.8, 4) is 0 Å². The van der Waals surface area contributed by atoms with E-state index in [0.717, 1.165) is 4.47 Å². The third kappa shape index (κ3) is 4.13. The number of benzene rings is 1. The monoisotopic (exact) mass is 349 g/mol. The van der Waals surface area contributed by atoms with Crippen LogP contribution in [0.1, 0.15) is 10.4 Å². The third-order valence-electron chi connectivity index (χ3n) is 2.75. The van der Waals surface area contributed by atoms with Crippen molar-refractivity contribution >= 4 is 33.5 Å². The number of aromatic nitrogens is 1. The number of rotatable bonds is 4. The zero-order valence-corrected chi connectivity index (χ0v) is 13.0. The molecule has 1 N–H and O–H groups in total. The number of hydrogen-bond donors (Lipinski definition) is 1. The highest BCUT2D eigenvalue weighted by Gasteiger charge is 2.14. The van der Waals surface area contributed by atoms with Gasteiger partial charge >= 0.3 is 5.97 Å². The first-order valence-corrected chi connectivity index (χ1v) is 7.01. The summed E-state index contributed by atoms with van der Waals surface area (Å²) in [6.07, 6.45) is 3.29. The molecule has 0 radical (unpaired) electrons. The maximum absolute atomic E-state index is 12.0. The maximum atomic E-state index is 12.0. The highest BCUT2D eigenvalue weighted by atomic mass is 79.9. The van der Waals surface area contributed by atoms with Gasteiger partial charge in [0.15, 0.2) is 12.4 Å². The predicted molar refractivity (Wildman–Crippen MR) is 80.7 cm³/mol. The van der Waals surface area contributed by atoms with Gasteiger partial charge in [0.05, 0.1) is 12.8 Å². The minimum atomic E-state index is -0.435. The van der Waals surface area contributed by atoms with E-state index in [-0.39, 0.29) is 12.5 Å². The molecule has 2 aromatic rings. The molecule has 0 fully saturated rings. The Morgan fingerprint density at radius 3 is 2.71 bits per heavy atom. The van der Waals surface area contributed by atoms with Crippen LogP contribution in [0.3, 0.4) is 0 Å². The van der Waals surface area contributed by atoms with E-state index < -0.39 is 5.97 Å². The summed E-state index contributed by atoms with van der Waals surface area (Å²) in [7, 11) is 1.32. The van der Waals surface area contributed by atoms with Gasteiger partial charge in [-0.05, 0) is 34.1 Å². The Labute approximate surface area is 130 Å². The zero-order chi connectivity index (χ0) is 15.2. The average Bonchev–Trinajstić information content (AvgIpc) is 2.49. The Hall–Kier alpha value is -2.21. The van der Waals surface area contributed by atoms with Crippen molar-refractivity contribution in [3.05, 3.63) is 58.8 Å². The number of anilines is 1. The standard InChI is InChI=1S/C15H13BrN2O3/c1-21-15(20)11-5-4-8-18(9-11)10-14(19)17-13-7-3-2-6-12(13)16/h2-9H,10H2,1H3/p+1. The van der Waals surface area contributed by atoms with E-state index in [2.05, 4.69) is 26.0 Å². The van der Waals surface area contributed by atoms with Crippen molar-refractivity contribution in [2.24, 2.45) is 0 Å². The molecule has 0 aliphatic rings. The number of carbonyl (C=O) groups is 2. The molecule has 108 valence electrons. The van der Waals surface area contributed by atoms with Crippen molar-refractivity contribution in [3.63, 3.8) is 0 Å². The first-order valence-electron chi connectivity index (χ1n) is 6.22. The summed E-state index contributed by atoms with van der Waals surface area (Å²) < 4.78 is 7.08. The molecular formula is C15H14BrN2O3+. The van der Waals surface area contributed by atoms with Crippen LogP contribution in [0.2, 0.25) is 0 Å². The lowest BCUT2D eigenvalue weighted by molar-refractivity contribution is -0.684. The Kier molecular flexibility index (Phi) is 5.05. The Morgan fingerprint density at radius 1 is 1.24 bits per heavy atom. The number of pyridine rings is 1. The minimum absolute atomic E-state index is 0.103. The summed E-state index contributed by atoms with van der Waals surface area (Å²) in [6, 6.07) is 10.7. The van der Waals surface area contributed by atoms with Gasteiger partial charge in [-0.25, -0.2) is 4.79 Å². The number of amides is 1. The Bertz CT molecular complexity index is 673. The molecule has 0 saturated heterocycles. The van der Waals surface area contributed by atoms with Gasteiger partial charge in [-0.3, -0.25) is 4.79 Å². The van der Waals surface area contributed by atoms with E-state index >= 15 is 0 Å². The van der Waals surface area contributed by atoms with E-state index in [1.54, 1.807) is 35.2 Å². The normalized spacial score (nSPS) is 10.0. The van der Waals surface area contributed by atoms with Crippen LogP contribution in [0.25, 0.3) is 0 Å². The van der Waals surface area contributed by atoms with Gasteiger partial charge in [0.2, 0.25) is 6.54 Å². The van der Waals surface area contributed by atoms with Crippen molar-refractivity contribution < 1.29 is 18.9 Å². The van der Waals surface area contributed by atoms with Crippen LogP contribution in [-0.4, -0.2) is 19.0 Å². The summed E-state index contributed by atoms with van der Waals surface area (Å²) in [5.41, 5.74) is 1.10. The average molecular weight is 350 g/mol. The number of hydrogen-bond acceptors (Lipinski definition) is 3. The molecule has 0 aliphatic heterocycles. The molecule has 0 bridgehead atoms. The second-order valence-corrected chi connectivity index (χ2v) is 5.14. The van der Waals surface area contributed by atoms with Gasteiger partial charge in [-0.15, -0.1) is 0 Å². The smallest absolute Gasteiger partial charge is 0.343 e. The molecule has 1 amide bonds. The molecule has 0 unspecified atom stereocenters. The number of esters is 1. The highest BCUT2D eigenvalue weighted by Crippen LogP contribution is 2.20. The summed E-state index contributed by atoms with van der Waals surface area (Å²) in [6.45, 7) is 0.103. The fourth-order valence-electron chi connectivity index (χ4n) is 1.78. The van der Waals surface area contributed by atoms with Crippen molar-refractivity contribution in [2.75, 3.05) is 12.4 Å². The molecule has 21 heavy (non-hydrogen) atoms. The number of ether oxygens (including phenoxy) is 1. The maximum Gasteiger partial charge on any atom is 0.343 e. The van der Waals surface area contributed by atoms with Gasteiger partial charge in [0.25, 0.3) is 5.91 Å². The molecule has 6 heteroatoms. The number of carbonyl (C=O) groups excluding carboxylic acids is 2. The van der Waals surface area contributed by atoms with Crippen LogP contribution < -0.4 is 9.88 Å². The van der Waals surface area contributed by atoms with E-state index in [0.29, 0.717) is 11.3 Å². The minimum Gasteiger partial charge on any atom is -0.465 e. The van der Waals surface area contributed by atoms with E-state index in [1.165, 1.54) is 7.11 Å². The summed E-state index contributed by atoms with van der Waals surface area (Å²) in [5.74, 6) is -0.621. The third-order valence-corrected chi connectivity index (χ3v) is 3.44. The first kappa shape index (κ1) is 15.2. The first-order chi connectivity index (χ1) is 10.1. The lowest BCUT2D eigenvalue weighted by Gasteiger charge is -2.05. The van der Waals surface area contributed by atoms with Gasteiger partial charge in [0.1, 0.15) is 5.56 Å². The molecular weight excluding hydrogens is 336 g/mol. The quantitative estimate of drug-likeness (QED) is 0.679. The number of methoxy groups -OCH3 is 1. The lowest BCUT2D eigenvalue weighted by atomic mass is 10.3.